The van der Waals surface area contributed by atoms with Crippen LogP contribution in [-0.4, -0.2) is 5.78 Å². The lowest BCUT2D eigenvalue weighted by molar-refractivity contribution is 0.0827. The van der Waals surface area contributed by atoms with Crippen molar-refractivity contribution < 1.29 is 9.21 Å². The maximum atomic E-state index is 11.6. The third-order valence-corrected chi connectivity index (χ3v) is 1.65. The van der Waals surface area contributed by atoms with Gasteiger partial charge in [0.2, 0.25) is 5.78 Å². The Morgan fingerprint density at radius 2 is 1.92 bits per heavy atom. The van der Waals surface area contributed by atoms with Gasteiger partial charge < -0.3 is 4.42 Å². The van der Waals surface area contributed by atoms with Crippen molar-refractivity contribution in [3.05, 3.63) is 23.7 Å². The predicted molar refractivity (Wildman–Crippen MR) is 47.2 cm³/mol. The van der Waals surface area contributed by atoms with Crippen LogP contribution in [0.4, 0.5) is 0 Å². The molecule has 66 valence electrons. The molecular weight excluding hydrogens is 152 g/mol. The molecular formula is C10H14O2. The van der Waals surface area contributed by atoms with E-state index in [-0.39, 0.29) is 11.2 Å². The zero-order valence-electron chi connectivity index (χ0n) is 7.97. The Kier molecular flexibility index (Phi) is 2.09. The molecule has 2 heteroatoms. The van der Waals surface area contributed by atoms with Crippen LogP contribution in [0.1, 0.15) is 37.1 Å². The van der Waals surface area contributed by atoms with Crippen molar-refractivity contribution in [3.8, 4) is 0 Å². The Morgan fingerprint density at radius 3 is 2.25 bits per heavy atom. The zero-order chi connectivity index (χ0) is 9.35. The van der Waals surface area contributed by atoms with Crippen LogP contribution in [-0.2, 0) is 0 Å². The fourth-order valence-electron chi connectivity index (χ4n) is 0.926. The summed E-state index contributed by atoms with van der Waals surface area (Å²) >= 11 is 0. The van der Waals surface area contributed by atoms with Crippen molar-refractivity contribution in [1.29, 1.82) is 0 Å². The Morgan fingerprint density at radius 1 is 1.33 bits per heavy atom. The highest BCUT2D eigenvalue weighted by Crippen LogP contribution is 2.21. The molecule has 0 radical (unpaired) electrons. The third kappa shape index (κ3) is 1.76. The van der Waals surface area contributed by atoms with Crippen LogP contribution < -0.4 is 0 Å². The molecule has 1 heterocycles. The summed E-state index contributed by atoms with van der Waals surface area (Å²) in [6.07, 6.45) is 0. The molecule has 2 nitrogen and oxygen atoms in total. The van der Waals surface area contributed by atoms with Gasteiger partial charge in [0, 0.05) is 5.41 Å². The molecule has 0 amide bonds. The number of ketones is 1. The minimum Gasteiger partial charge on any atom is -0.458 e. The smallest absolute Gasteiger partial charge is 0.203 e. The lowest BCUT2D eigenvalue weighted by Gasteiger charge is -2.13. The first-order valence-electron chi connectivity index (χ1n) is 4.02. The van der Waals surface area contributed by atoms with Gasteiger partial charge in [0.05, 0.1) is 0 Å². The molecule has 0 bridgehead atoms. The van der Waals surface area contributed by atoms with Gasteiger partial charge in [0.15, 0.2) is 5.76 Å². The number of aryl methyl sites for hydroxylation is 1. The van der Waals surface area contributed by atoms with Crippen LogP contribution >= 0.6 is 0 Å². The zero-order valence-corrected chi connectivity index (χ0v) is 7.97. The second-order valence-corrected chi connectivity index (χ2v) is 3.99. The maximum Gasteiger partial charge on any atom is 0.203 e. The predicted octanol–water partition coefficient (Wildman–Crippen LogP) is 2.82. The Bertz CT molecular complexity index is 289. The second kappa shape index (κ2) is 2.77. The molecule has 0 aliphatic rings. The van der Waals surface area contributed by atoms with Crippen molar-refractivity contribution in [3.63, 3.8) is 0 Å². The monoisotopic (exact) mass is 166 g/mol. The average Bonchev–Trinajstić information content (AvgIpc) is 2.32. The van der Waals surface area contributed by atoms with Gasteiger partial charge in [-0.15, -0.1) is 0 Å². The van der Waals surface area contributed by atoms with Gasteiger partial charge in [0.25, 0.3) is 0 Å². The quantitative estimate of drug-likeness (QED) is 0.600. The van der Waals surface area contributed by atoms with E-state index in [1.807, 2.05) is 27.7 Å². The molecule has 0 aliphatic carbocycles. The number of hydrogen-bond donors (Lipinski definition) is 0. The minimum absolute atomic E-state index is 0.0515. The molecule has 0 fully saturated rings. The van der Waals surface area contributed by atoms with Crippen LogP contribution in [0.25, 0.3) is 0 Å². The van der Waals surface area contributed by atoms with E-state index in [0.29, 0.717) is 5.76 Å². The highest BCUT2D eigenvalue weighted by atomic mass is 16.3. The molecule has 1 rings (SSSR count). The summed E-state index contributed by atoms with van der Waals surface area (Å²) in [6, 6.07) is 3.53. The molecule has 0 spiro atoms. The largest absolute Gasteiger partial charge is 0.458 e. The summed E-state index contributed by atoms with van der Waals surface area (Å²) in [7, 11) is 0. The number of furan rings is 1. The van der Waals surface area contributed by atoms with E-state index in [1.54, 1.807) is 12.1 Å². The molecule has 0 aromatic carbocycles. The first-order valence-corrected chi connectivity index (χ1v) is 4.02. The molecule has 1 aromatic heterocycles. The summed E-state index contributed by atoms with van der Waals surface area (Å²) in [6.45, 7) is 7.48. The topological polar surface area (TPSA) is 30.2 Å². The fraction of sp³-hybridized carbons (Fsp3) is 0.500. The fourth-order valence-corrected chi connectivity index (χ4v) is 0.926. The van der Waals surface area contributed by atoms with Crippen molar-refractivity contribution in [2.24, 2.45) is 5.41 Å². The number of rotatable bonds is 1. The van der Waals surface area contributed by atoms with Gasteiger partial charge in [-0.25, -0.2) is 0 Å². The van der Waals surface area contributed by atoms with Crippen LogP contribution in [0, 0.1) is 12.3 Å². The Hall–Kier alpha value is -1.05. The first kappa shape index (κ1) is 9.04. The van der Waals surface area contributed by atoms with Gasteiger partial charge in [-0.05, 0) is 19.1 Å². The van der Waals surface area contributed by atoms with Gasteiger partial charge >= 0.3 is 0 Å². The molecule has 1 aromatic rings. The second-order valence-electron chi connectivity index (χ2n) is 3.99. The van der Waals surface area contributed by atoms with Crippen molar-refractivity contribution in [2.75, 3.05) is 0 Å². The van der Waals surface area contributed by atoms with Crippen molar-refractivity contribution >= 4 is 5.78 Å². The average molecular weight is 166 g/mol. The van der Waals surface area contributed by atoms with Crippen molar-refractivity contribution in [2.45, 2.75) is 27.7 Å². The summed E-state index contributed by atoms with van der Waals surface area (Å²) in [4.78, 5) is 11.6. The van der Waals surface area contributed by atoms with Gasteiger partial charge in [-0.2, -0.15) is 0 Å². The minimum atomic E-state index is -0.357. The van der Waals surface area contributed by atoms with E-state index >= 15 is 0 Å². The summed E-state index contributed by atoms with van der Waals surface area (Å²) < 4.78 is 5.22. The van der Waals surface area contributed by atoms with Crippen molar-refractivity contribution in [1.82, 2.24) is 0 Å². The number of Topliss-reactive ketones (excluding diaryl/α,β-unsaturated/α-hetero) is 1. The molecule has 0 atom stereocenters. The standard InChI is InChI=1S/C10H14O2/c1-7-5-6-8(12-7)9(11)10(2,3)4/h5-6H,1-4H3. The highest BCUT2D eigenvalue weighted by Gasteiger charge is 2.25. The van der Waals surface area contributed by atoms with E-state index in [2.05, 4.69) is 0 Å². The number of hydrogen-bond acceptors (Lipinski definition) is 2. The summed E-state index contributed by atoms with van der Waals surface area (Å²) in [5.41, 5.74) is -0.357. The lowest BCUT2D eigenvalue weighted by Crippen LogP contribution is -2.19. The SMILES string of the molecule is Cc1ccc(C(=O)C(C)(C)C)o1. The number of carbonyl (C=O) groups excluding carboxylic acids is 1. The summed E-state index contributed by atoms with van der Waals surface area (Å²) in [5.74, 6) is 1.29. The van der Waals surface area contributed by atoms with E-state index in [0.717, 1.165) is 5.76 Å². The third-order valence-electron chi connectivity index (χ3n) is 1.65. The van der Waals surface area contributed by atoms with E-state index < -0.39 is 0 Å². The maximum absolute atomic E-state index is 11.6. The lowest BCUT2D eigenvalue weighted by atomic mass is 9.89. The molecule has 0 saturated carbocycles. The first-order chi connectivity index (χ1) is 5.41. The summed E-state index contributed by atoms with van der Waals surface area (Å²) in [5, 5.41) is 0. The molecule has 0 unspecified atom stereocenters. The van der Waals surface area contributed by atoms with E-state index in [9.17, 15) is 4.79 Å². The normalized spacial score (nSPS) is 11.7. The van der Waals surface area contributed by atoms with E-state index in [1.165, 1.54) is 0 Å². The van der Waals surface area contributed by atoms with Crippen LogP contribution in [0.3, 0.4) is 0 Å². The molecule has 0 aliphatic heterocycles. The Labute approximate surface area is 72.6 Å². The molecule has 0 saturated heterocycles. The van der Waals surface area contributed by atoms with Crippen LogP contribution in [0.2, 0.25) is 0 Å². The van der Waals surface area contributed by atoms with Gasteiger partial charge in [-0.1, -0.05) is 20.8 Å². The van der Waals surface area contributed by atoms with E-state index in [4.69, 9.17) is 4.42 Å². The van der Waals surface area contributed by atoms with Gasteiger partial charge in [0.1, 0.15) is 5.76 Å². The highest BCUT2D eigenvalue weighted by molar-refractivity contribution is 5.97. The van der Waals surface area contributed by atoms with Crippen LogP contribution in [0.15, 0.2) is 16.5 Å². The molecule has 12 heavy (non-hydrogen) atoms. The van der Waals surface area contributed by atoms with Gasteiger partial charge in [-0.3, -0.25) is 4.79 Å². The molecule has 0 N–H and O–H groups in total. The van der Waals surface area contributed by atoms with Crippen LogP contribution in [0.5, 0.6) is 0 Å². The number of carbonyl (C=O) groups is 1. The Balaban J connectivity index is 2.93.